The van der Waals surface area contributed by atoms with Crippen molar-refractivity contribution in [2.75, 3.05) is 12.3 Å². The van der Waals surface area contributed by atoms with Gasteiger partial charge in [-0.05, 0) is 50.6 Å². The molecule has 1 aromatic rings. The van der Waals surface area contributed by atoms with Gasteiger partial charge in [-0.25, -0.2) is 0 Å². The van der Waals surface area contributed by atoms with Crippen LogP contribution in [0.4, 0.5) is 0 Å². The molecular weight excluding hydrogens is 327 g/mol. The Labute approximate surface area is 142 Å². The molecule has 1 aliphatic heterocycles. The third kappa shape index (κ3) is 6.47. The highest BCUT2D eigenvalue weighted by Gasteiger charge is 2.21. The molecule has 0 aliphatic carbocycles. The van der Waals surface area contributed by atoms with E-state index in [1.54, 1.807) is 11.8 Å². The number of carbonyl (C=O) groups excluding carboxylic acids is 1. The van der Waals surface area contributed by atoms with Crippen LogP contribution in [0.1, 0.15) is 26.2 Å². The van der Waals surface area contributed by atoms with Crippen LogP contribution in [-0.2, 0) is 4.79 Å². The van der Waals surface area contributed by atoms with Gasteiger partial charge in [-0.2, -0.15) is 0 Å². The quantitative estimate of drug-likeness (QED) is 0.800. The summed E-state index contributed by atoms with van der Waals surface area (Å²) in [6.07, 6.45) is 2.76. The maximum absolute atomic E-state index is 11.9. The first kappa shape index (κ1) is 18.6. The largest absolute Gasteiger partial charge is 0.352 e. The molecule has 0 spiro atoms. The molecule has 1 saturated heterocycles. The van der Waals surface area contributed by atoms with Crippen molar-refractivity contribution in [1.82, 2.24) is 10.6 Å². The maximum atomic E-state index is 11.9. The van der Waals surface area contributed by atoms with Gasteiger partial charge in [0.05, 0.1) is 0 Å². The number of benzene rings is 1. The topological polar surface area (TPSA) is 41.1 Å². The van der Waals surface area contributed by atoms with Gasteiger partial charge in [0.25, 0.3) is 0 Å². The molecule has 2 unspecified atom stereocenters. The zero-order chi connectivity index (χ0) is 14.4. The van der Waals surface area contributed by atoms with Crippen molar-refractivity contribution in [3.05, 3.63) is 29.3 Å². The number of hydrogen-bond donors (Lipinski definition) is 2. The van der Waals surface area contributed by atoms with Crippen molar-refractivity contribution in [1.29, 1.82) is 0 Å². The molecule has 3 nitrogen and oxygen atoms in total. The molecule has 6 heteroatoms. The Morgan fingerprint density at radius 2 is 2.14 bits per heavy atom. The van der Waals surface area contributed by atoms with E-state index >= 15 is 0 Å². The van der Waals surface area contributed by atoms with Crippen LogP contribution in [-0.4, -0.2) is 30.3 Å². The molecule has 0 aromatic heterocycles. The molecule has 0 radical (unpaired) electrons. The van der Waals surface area contributed by atoms with E-state index in [1.807, 2.05) is 24.3 Å². The summed E-state index contributed by atoms with van der Waals surface area (Å²) in [6, 6.07) is 8.36. The molecule has 1 fully saturated rings. The van der Waals surface area contributed by atoms with E-state index < -0.39 is 0 Å². The highest BCUT2D eigenvalue weighted by Crippen LogP contribution is 2.21. The van der Waals surface area contributed by atoms with Gasteiger partial charge in [0.1, 0.15) is 0 Å². The second kappa shape index (κ2) is 9.57. The number of hydrogen-bond acceptors (Lipinski definition) is 3. The number of amides is 1. The summed E-state index contributed by atoms with van der Waals surface area (Å²) in [5, 5.41) is 7.26. The highest BCUT2D eigenvalue weighted by molar-refractivity contribution is 7.99. The zero-order valence-corrected chi connectivity index (χ0v) is 14.5. The fourth-order valence-corrected chi connectivity index (χ4v) is 3.29. The van der Waals surface area contributed by atoms with Gasteiger partial charge < -0.3 is 10.6 Å². The zero-order valence-electron chi connectivity index (χ0n) is 12.1. The molecule has 1 aromatic carbocycles. The Bertz CT molecular complexity index is 442. The number of carbonyl (C=O) groups is 1. The Balaban J connectivity index is 0.00000220. The molecule has 118 valence electrons. The number of halogens is 2. The molecule has 1 aliphatic rings. The second-order valence-electron chi connectivity index (χ2n) is 5.11. The van der Waals surface area contributed by atoms with Crippen LogP contribution >= 0.6 is 35.8 Å². The summed E-state index contributed by atoms with van der Waals surface area (Å²) < 4.78 is 0. The minimum atomic E-state index is 0. The lowest BCUT2D eigenvalue weighted by Gasteiger charge is -2.30. The first-order valence-electron chi connectivity index (χ1n) is 7.06. The number of rotatable bonds is 5. The third-order valence-corrected chi connectivity index (χ3v) is 4.79. The van der Waals surface area contributed by atoms with Crippen molar-refractivity contribution < 1.29 is 4.79 Å². The van der Waals surface area contributed by atoms with E-state index in [4.69, 9.17) is 11.6 Å². The lowest BCUT2D eigenvalue weighted by Crippen LogP contribution is -2.51. The van der Waals surface area contributed by atoms with Gasteiger partial charge in [-0.15, -0.1) is 24.2 Å². The van der Waals surface area contributed by atoms with Crippen LogP contribution < -0.4 is 10.6 Å². The van der Waals surface area contributed by atoms with Crippen LogP contribution in [0.2, 0.25) is 5.02 Å². The van der Waals surface area contributed by atoms with Gasteiger partial charge in [-0.1, -0.05) is 11.6 Å². The number of piperidine rings is 1. The first-order chi connectivity index (χ1) is 9.65. The minimum Gasteiger partial charge on any atom is -0.352 e. The van der Waals surface area contributed by atoms with Gasteiger partial charge in [-0.3, -0.25) is 4.79 Å². The average molecular weight is 349 g/mol. The van der Waals surface area contributed by atoms with E-state index in [0.29, 0.717) is 12.5 Å². The Hall–Kier alpha value is -0.420. The second-order valence-corrected chi connectivity index (χ2v) is 6.72. The molecule has 1 amide bonds. The van der Waals surface area contributed by atoms with Crippen LogP contribution in [0, 0.1) is 0 Å². The van der Waals surface area contributed by atoms with Gasteiger partial charge in [0.15, 0.2) is 0 Å². The summed E-state index contributed by atoms with van der Waals surface area (Å²) >= 11 is 7.52. The van der Waals surface area contributed by atoms with E-state index in [9.17, 15) is 4.79 Å². The predicted molar refractivity (Wildman–Crippen MR) is 92.7 cm³/mol. The van der Waals surface area contributed by atoms with E-state index in [1.165, 1.54) is 0 Å². The van der Waals surface area contributed by atoms with Crippen LogP contribution in [0.25, 0.3) is 0 Å². The van der Waals surface area contributed by atoms with Gasteiger partial charge >= 0.3 is 0 Å². The third-order valence-electron chi connectivity index (χ3n) is 3.52. The summed E-state index contributed by atoms with van der Waals surface area (Å²) in [6.45, 7) is 3.19. The van der Waals surface area contributed by atoms with E-state index in [-0.39, 0.29) is 24.4 Å². The summed E-state index contributed by atoms with van der Waals surface area (Å²) in [5.41, 5.74) is 0. The molecule has 2 rings (SSSR count). The Morgan fingerprint density at radius 3 is 2.81 bits per heavy atom. The van der Waals surface area contributed by atoms with Crippen molar-refractivity contribution in [3.8, 4) is 0 Å². The van der Waals surface area contributed by atoms with Crippen molar-refractivity contribution in [2.45, 2.75) is 43.2 Å². The number of thioether (sulfide) groups is 1. The van der Waals surface area contributed by atoms with Gasteiger partial charge in [0, 0.05) is 34.2 Å². The Morgan fingerprint density at radius 1 is 1.43 bits per heavy atom. The standard InChI is InChI=1S/C15H21ClN2OS.ClH/c1-11-14(3-2-9-17-11)18-15(19)8-10-20-13-6-4-12(16)5-7-13;/h4-7,11,14,17H,2-3,8-10H2,1H3,(H,18,19);1H. The molecule has 0 saturated carbocycles. The summed E-state index contributed by atoms with van der Waals surface area (Å²) in [4.78, 5) is 13.1. The van der Waals surface area contributed by atoms with Crippen LogP contribution in [0.3, 0.4) is 0 Å². The molecular formula is C15H22Cl2N2OS. The fraction of sp³-hybridized carbons (Fsp3) is 0.533. The lowest BCUT2D eigenvalue weighted by atomic mass is 10.00. The SMILES string of the molecule is CC1NCCCC1NC(=O)CCSc1ccc(Cl)cc1.Cl. The van der Waals surface area contributed by atoms with Crippen molar-refractivity contribution >= 4 is 41.7 Å². The van der Waals surface area contributed by atoms with Gasteiger partial charge in [0.2, 0.25) is 5.91 Å². The first-order valence-corrected chi connectivity index (χ1v) is 8.42. The van der Waals surface area contributed by atoms with E-state index in [0.717, 1.165) is 35.1 Å². The molecule has 21 heavy (non-hydrogen) atoms. The van der Waals surface area contributed by atoms with E-state index in [2.05, 4.69) is 17.6 Å². The molecule has 2 N–H and O–H groups in total. The van der Waals surface area contributed by atoms with Crippen molar-refractivity contribution in [2.24, 2.45) is 0 Å². The number of nitrogens with one attached hydrogen (secondary N) is 2. The van der Waals surface area contributed by atoms with Crippen LogP contribution in [0.5, 0.6) is 0 Å². The Kier molecular flexibility index (Phi) is 8.49. The smallest absolute Gasteiger partial charge is 0.221 e. The average Bonchev–Trinajstić information content (AvgIpc) is 2.44. The summed E-state index contributed by atoms with van der Waals surface area (Å²) in [7, 11) is 0. The molecule has 1 heterocycles. The predicted octanol–water partition coefficient (Wildman–Crippen LogP) is 3.50. The normalized spacial score (nSPS) is 21.4. The fourth-order valence-electron chi connectivity index (χ4n) is 2.31. The molecule has 0 bridgehead atoms. The minimum absolute atomic E-state index is 0. The van der Waals surface area contributed by atoms with Crippen molar-refractivity contribution in [3.63, 3.8) is 0 Å². The molecule has 2 atom stereocenters. The summed E-state index contributed by atoms with van der Waals surface area (Å²) in [5.74, 6) is 0.939. The lowest BCUT2D eigenvalue weighted by molar-refractivity contribution is -0.121. The highest BCUT2D eigenvalue weighted by atomic mass is 35.5. The monoisotopic (exact) mass is 348 g/mol. The van der Waals surface area contributed by atoms with Crippen LogP contribution in [0.15, 0.2) is 29.2 Å². The maximum Gasteiger partial charge on any atom is 0.221 e.